The van der Waals surface area contributed by atoms with Gasteiger partial charge in [0.25, 0.3) is 5.91 Å². The molecule has 0 atom stereocenters. The first-order valence-corrected chi connectivity index (χ1v) is 9.17. The number of hydrogen-bond acceptors (Lipinski definition) is 6. The molecule has 0 unspecified atom stereocenters. The van der Waals surface area contributed by atoms with E-state index in [-0.39, 0.29) is 5.91 Å². The van der Waals surface area contributed by atoms with Crippen LogP contribution in [0.3, 0.4) is 0 Å². The molecule has 0 aliphatic rings. The Morgan fingerprint density at radius 1 is 1.17 bits per heavy atom. The zero-order valence-corrected chi connectivity index (χ0v) is 17.0. The normalized spacial score (nSPS) is 10.6. The Morgan fingerprint density at radius 3 is 2.55 bits per heavy atom. The Labute approximate surface area is 170 Å². The van der Waals surface area contributed by atoms with E-state index >= 15 is 0 Å². The highest BCUT2D eigenvalue weighted by molar-refractivity contribution is 6.03. The number of pyridine rings is 1. The summed E-state index contributed by atoms with van der Waals surface area (Å²) in [7, 11) is 6.97. The smallest absolute Gasteiger partial charge is 0.273 e. The number of carbonyl (C=O) groups excluding carboxylic acids is 1. The van der Waals surface area contributed by atoms with Crippen molar-refractivity contribution in [3.05, 3.63) is 54.4 Å². The highest BCUT2D eigenvalue weighted by Crippen LogP contribution is 2.22. The highest BCUT2D eigenvalue weighted by Gasteiger charge is 2.15. The summed E-state index contributed by atoms with van der Waals surface area (Å²) in [5.41, 5.74) is 2.70. The van der Waals surface area contributed by atoms with E-state index in [0.29, 0.717) is 23.7 Å². The lowest BCUT2D eigenvalue weighted by Gasteiger charge is -2.17. The van der Waals surface area contributed by atoms with Crippen molar-refractivity contribution in [2.24, 2.45) is 7.05 Å². The number of aromatic nitrogens is 3. The fraction of sp³-hybridized carbons (Fsp3) is 0.286. The molecule has 2 heterocycles. The second-order valence-electron chi connectivity index (χ2n) is 6.54. The van der Waals surface area contributed by atoms with Gasteiger partial charge in [0.15, 0.2) is 0 Å². The maximum Gasteiger partial charge on any atom is 0.273 e. The minimum atomic E-state index is -0.248. The summed E-state index contributed by atoms with van der Waals surface area (Å²) in [6.45, 7) is 1.35. The van der Waals surface area contributed by atoms with Gasteiger partial charge in [-0.1, -0.05) is 0 Å². The number of rotatable bonds is 8. The maximum absolute atomic E-state index is 12.7. The molecular formula is C21H25N5O3. The number of amides is 1. The molecule has 3 rings (SSSR count). The van der Waals surface area contributed by atoms with Gasteiger partial charge in [0, 0.05) is 33.3 Å². The molecule has 1 aromatic carbocycles. The first kappa shape index (κ1) is 20.3. The molecule has 0 saturated carbocycles. The highest BCUT2D eigenvalue weighted by atomic mass is 16.5. The number of anilines is 2. The van der Waals surface area contributed by atoms with Crippen LogP contribution in [0.5, 0.6) is 5.75 Å². The predicted molar refractivity (Wildman–Crippen MR) is 113 cm³/mol. The van der Waals surface area contributed by atoms with E-state index in [1.807, 2.05) is 48.3 Å². The number of nitrogens with one attached hydrogen (secondary N) is 1. The molecule has 3 aromatic rings. The molecule has 0 fully saturated rings. The van der Waals surface area contributed by atoms with Crippen molar-refractivity contribution < 1.29 is 14.3 Å². The predicted octanol–water partition coefficient (Wildman–Crippen LogP) is 2.83. The third kappa shape index (κ3) is 4.91. The van der Waals surface area contributed by atoms with Crippen LogP contribution in [0.4, 0.5) is 11.5 Å². The van der Waals surface area contributed by atoms with Gasteiger partial charge in [-0.05, 0) is 42.5 Å². The number of likely N-dealkylation sites (N-methyl/N-ethyl adjacent to an activating group) is 1. The summed E-state index contributed by atoms with van der Waals surface area (Å²) in [5.74, 6) is 1.33. The van der Waals surface area contributed by atoms with Crippen molar-refractivity contribution >= 4 is 17.4 Å². The molecule has 0 spiro atoms. The Bertz CT molecular complexity index is 951. The standard InChI is InChI=1S/C21H25N5O3/c1-25(11-12-28-3)20-10-7-16(14-22-20)23-21(27)19-13-18(24-26(19)2)15-5-8-17(29-4)9-6-15/h5-10,13-14H,11-12H2,1-4H3,(H,23,27). The van der Waals surface area contributed by atoms with Crippen LogP contribution in [0.2, 0.25) is 0 Å². The van der Waals surface area contributed by atoms with Gasteiger partial charge in [-0.3, -0.25) is 9.48 Å². The van der Waals surface area contributed by atoms with Crippen molar-refractivity contribution in [2.75, 3.05) is 44.6 Å². The fourth-order valence-electron chi connectivity index (χ4n) is 2.81. The maximum atomic E-state index is 12.7. The molecular weight excluding hydrogens is 370 g/mol. The molecule has 8 nitrogen and oxygen atoms in total. The molecule has 0 saturated heterocycles. The van der Waals surface area contributed by atoms with Gasteiger partial charge in [-0.25, -0.2) is 4.98 Å². The minimum Gasteiger partial charge on any atom is -0.497 e. The second kappa shape index (κ2) is 9.20. The van der Waals surface area contributed by atoms with Gasteiger partial charge in [-0.2, -0.15) is 5.10 Å². The molecule has 0 radical (unpaired) electrons. The summed E-state index contributed by atoms with van der Waals surface area (Å²) in [5, 5.41) is 7.31. The Balaban J connectivity index is 1.70. The van der Waals surface area contributed by atoms with Gasteiger partial charge in [0.2, 0.25) is 0 Å². The van der Waals surface area contributed by atoms with Crippen LogP contribution in [-0.4, -0.2) is 55.1 Å². The van der Waals surface area contributed by atoms with E-state index in [1.54, 1.807) is 38.2 Å². The number of ether oxygens (including phenoxy) is 2. The molecule has 0 aliphatic heterocycles. The van der Waals surface area contributed by atoms with E-state index in [4.69, 9.17) is 9.47 Å². The van der Waals surface area contributed by atoms with Crippen LogP contribution >= 0.6 is 0 Å². The molecule has 152 valence electrons. The third-order valence-corrected chi connectivity index (χ3v) is 4.53. The first-order chi connectivity index (χ1) is 14.0. The lowest BCUT2D eigenvalue weighted by Crippen LogP contribution is -2.23. The van der Waals surface area contributed by atoms with Crippen LogP contribution in [0.25, 0.3) is 11.3 Å². The molecule has 1 amide bonds. The van der Waals surface area contributed by atoms with Crippen molar-refractivity contribution in [1.29, 1.82) is 0 Å². The van der Waals surface area contributed by atoms with Crippen molar-refractivity contribution in [3.63, 3.8) is 0 Å². The van der Waals surface area contributed by atoms with Gasteiger partial charge >= 0.3 is 0 Å². The van der Waals surface area contributed by atoms with Crippen LogP contribution in [-0.2, 0) is 11.8 Å². The Hall–Kier alpha value is -3.39. The van der Waals surface area contributed by atoms with Crippen LogP contribution in [0.15, 0.2) is 48.7 Å². The lowest BCUT2D eigenvalue weighted by atomic mass is 10.1. The SMILES string of the molecule is COCCN(C)c1ccc(NC(=O)c2cc(-c3ccc(OC)cc3)nn2C)cn1. The summed E-state index contributed by atoms with van der Waals surface area (Å²) in [6, 6.07) is 13.0. The van der Waals surface area contributed by atoms with Gasteiger partial charge in [-0.15, -0.1) is 0 Å². The zero-order valence-electron chi connectivity index (χ0n) is 17.0. The van der Waals surface area contributed by atoms with Gasteiger partial charge in [0.1, 0.15) is 17.3 Å². The molecule has 2 aromatic heterocycles. The molecule has 0 bridgehead atoms. The third-order valence-electron chi connectivity index (χ3n) is 4.53. The molecule has 8 heteroatoms. The number of carbonyl (C=O) groups is 1. The van der Waals surface area contributed by atoms with Gasteiger partial charge < -0.3 is 19.7 Å². The average Bonchev–Trinajstić information content (AvgIpc) is 3.14. The number of benzene rings is 1. The summed E-state index contributed by atoms with van der Waals surface area (Å²) >= 11 is 0. The number of aryl methyl sites for hydroxylation is 1. The topological polar surface area (TPSA) is 81.5 Å². The fourth-order valence-corrected chi connectivity index (χ4v) is 2.81. The molecule has 1 N–H and O–H groups in total. The van der Waals surface area contributed by atoms with Crippen molar-refractivity contribution in [1.82, 2.24) is 14.8 Å². The van der Waals surface area contributed by atoms with Crippen LogP contribution in [0, 0.1) is 0 Å². The largest absolute Gasteiger partial charge is 0.497 e. The summed E-state index contributed by atoms with van der Waals surface area (Å²) in [6.07, 6.45) is 1.64. The summed E-state index contributed by atoms with van der Waals surface area (Å²) < 4.78 is 11.8. The monoisotopic (exact) mass is 395 g/mol. The van der Waals surface area contributed by atoms with Crippen LogP contribution < -0.4 is 15.0 Å². The first-order valence-electron chi connectivity index (χ1n) is 9.17. The molecule has 29 heavy (non-hydrogen) atoms. The van der Waals surface area contributed by atoms with E-state index in [9.17, 15) is 4.79 Å². The van der Waals surface area contributed by atoms with E-state index in [2.05, 4.69) is 15.4 Å². The minimum absolute atomic E-state index is 0.248. The second-order valence-corrected chi connectivity index (χ2v) is 6.54. The van der Waals surface area contributed by atoms with Crippen molar-refractivity contribution in [2.45, 2.75) is 0 Å². The van der Waals surface area contributed by atoms with Crippen LogP contribution in [0.1, 0.15) is 10.5 Å². The van der Waals surface area contributed by atoms with Crippen molar-refractivity contribution in [3.8, 4) is 17.0 Å². The summed E-state index contributed by atoms with van der Waals surface area (Å²) in [4.78, 5) is 19.1. The average molecular weight is 395 g/mol. The van der Waals surface area contributed by atoms with E-state index < -0.39 is 0 Å². The van der Waals surface area contributed by atoms with Gasteiger partial charge in [0.05, 0.1) is 31.3 Å². The van der Waals surface area contributed by atoms with E-state index in [0.717, 1.165) is 23.7 Å². The lowest BCUT2D eigenvalue weighted by molar-refractivity contribution is 0.101. The quantitative estimate of drug-likeness (QED) is 0.632. The Kier molecular flexibility index (Phi) is 6.46. The Morgan fingerprint density at radius 2 is 1.93 bits per heavy atom. The molecule has 0 aliphatic carbocycles. The number of hydrogen-bond donors (Lipinski definition) is 1. The number of methoxy groups -OCH3 is 2. The zero-order chi connectivity index (χ0) is 20.8. The van der Waals surface area contributed by atoms with E-state index in [1.165, 1.54) is 0 Å². The number of nitrogens with zero attached hydrogens (tertiary/aromatic N) is 4.